The van der Waals surface area contributed by atoms with Gasteiger partial charge in [-0.15, -0.1) is 0 Å². The van der Waals surface area contributed by atoms with Crippen molar-refractivity contribution in [3.63, 3.8) is 0 Å². The van der Waals surface area contributed by atoms with Gasteiger partial charge in [0.05, 0.1) is 0 Å². The number of hydrogen-bond acceptors (Lipinski definition) is 2. The minimum Gasteiger partial charge on any atom is -0.329 e. The van der Waals surface area contributed by atoms with E-state index in [1.54, 1.807) is 12.1 Å². The first-order valence-corrected chi connectivity index (χ1v) is 7.01. The largest absolute Gasteiger partial charge is 0.329 e. The second-order valence-electron chi connectivity index (χ2n) is 5.11. The predicted octanol–water partition coefficient (Wildman–Crippen LogP) is 3.09. The van der Waals surface area contributed by atoms with Crippen molar-refractivity contribution in [3.05, 3.63) is 35.6 Å². The summed E-state index contributed by atoms with van der Waals surface area (Å²) in [6.07, 6.45) is 6.41. The third kappa shape index (κ3) is 3.53. The minimum absolute atomic E-state index is 0.166. The van der Waals surface area contributed by atoms with Crippen molar-refractivity contribution in [2.45, 2.75) is 38.1 Å². The van der Waals surface area contributed by atoms with Crippen LogP contribution >= 0.6 is 0 Å². The van der Waals surface area contributed by atoms with Crippen LogP contribution < -0.4 is 5.73 Å². The molecule has 3 heteroatoms. The molecular formula is C15H23FN2. The maximum atomic E-state index is 13.3. The van der Waals surface area contributed by atoms with Gasteiger partial charge in [0.1, 0.15) is 5.82 Å². The van der Waals surface area contributed by atoms with Crippen molar-refractivity contribution in [2.24, 2.45) is 5.73 Å². The highest BCUT2D eigenvalue weighted by Crippen LogP contribution is 2.23. The van der Waals surface area contributed by atoms with Crippen molar-refractivity contribution in [3.8, 4) is 0 Å². The summed E-state index contributed by atoms with van der Waals surface area (Å²) in [4.78, 5) is 2.42. The Hall–Kier alpha value is -0.930. The number of nitrogens with zero attached hydrogens (tertiary/aromatic N) is 1. The molecule has 2 rings (SSSR count). The molecule has 1 atom stereocenters. The predicted molar refractivity (Wildman–Crippen MR) is 72.9 cm³/mol. The molecule has 1 aromatic carbocycles. The summed E-state index contributed by atoms with van der Waals surface area (Å²) in [7, 11) is 0. The second-order valence-corrected chi connectivity index (χ2v) is 5.11. The molecule has 18 heavy (non-hydrogen) atoms. The number of likely N-dealkylation sites (tertiary alicyclic amines) is 1. The number of hydrogen-bond donors (Lipinski definition) is 1. The standard InChI is InChI=1S/C15H23FN2/c16-14-8-6-7-13(11-14)15(12-17)18-9-4-2-1-3-5-10-18/h6-8,11,15H,1-5,9-10,12,17H2. The zero-order valence-electron chi connectivity index (χ0n) is 10.9. The van der Waals surface area contributed by atoms with Gasteiger partial charge >= 0.3 is 0 Å². The van der Waals surface area contributed by atoms with Crippen molar-refractivity contribution < 1.29 is 4.39 Å². The number of benzene rings is 1. The topological polar surface area (TPSA) is 29.3 Å². The molecule has 0 aromatic heterocycles. The fourth-order valence-electron chi connectivity index (χ4n) is 2.79. The summed E-state index contributed by atoms with van der Waals surface area (Å²) in [5.74, 6) is -0.169. The Morgan fingerprint density at radius 1 is 1.11 bits per heavy atom. The summed E-state index contributed by atoms with van der Waals surface area (Å²) in [5, 5.41) is 0. The van der Waals surface area contributed by atoms with Crippen molar-refractivity contribution in [1.29, 1.82) is 0 Å². The molecule has 1 unspecified atom stereocenters. The molecule has 2 nitrogen and oxygen atoms in total. The van der Waals surface area contributed by atoms with Crippen LogP contribution in [-0.4, -0.2) is 24.5 Å². The fraction of sp³-hybridized carbons (Fsp3) is 0.600. The van der Waals surface area contributed by atoms with Crippen LogP contribution in [0.1, 0.15) is 43.7 Å². The monoisotopic (exact) mass is 250 g/mol. The average molecular weight is 250 g/mol. The molecule has 1 saturated heterocycles. The summed E-state index contributed by atoms with van der Waals surface area (Å²) in [6, 6.07) is 7.04. The van der Waals surface area contributed by atoms with Crippen molar-refractivity contribution >= 4 is 0 Å². The van der Waals surface area contributed by atoms with Gasteiger partial charge in [0.25, 0.3) is 0 Å². The molecule has 0 radical (unpaired) electrons. The van der Waals surface area contributed by atoms with Crippen LogP contribution in [0, 0.1) is 5.82 Å². The Morgan fingerprint density at radius 3 is 2.39 bits per heavy atom. The van der Waals surface area contributed by atoms with E-state index < -0.39 is 0 Å². The van der Waals surface area contributed by atoms with E-state index in [-0.39, 0.29) is 11.9 Å². The SMILES string of the molecule is NCC(c1cccc(F)c1)N1CCCCCCC1. The second kappa shape index (κ2) is 6.86. The number of nitrogens with two attached hydrogens (primary N) is 1. The zero-order valence-corrected chi connectivity index (χ0v) is 10.9. The van der Waals surface area contributed by atoms with Crippen LogP contribution in [0.3, 0.4) is 0 Å². The van der Waals surface area contributed by atoms with Crippen LogP contribution in [0.15, 0.2) is 24.3 Å². The van der Waals surface area contributed by atoms with Crippen molar-refractivity contribution in [1.82, 2.24) is 4.90 Å². The van der Waals surface area contributed by atoms with E-state index in [1.807, 2.05) is 6.07 Å². The Labute approximate surface area is 109 Å². The Morgan fingerprint density at radius 2 is 1.78 bits per heavy atom. The first-order valence-electron chi connectivity index (χ1n) is 7.01. The summed E-state index contributed by atoms with van der Waals surface area (Å²) in [6.45, 7) is 2.72. The van der Waals surface area contributed by atoms with E-state index in [0.717, 1.165) is 18.7 Å². The van der Waals surface area contributed by atoms with Crippen LogP contribution in [0.5, 0.6) is 0 Å². The third-order valence-electron chi connectivity index (χ3n) is 3.79. The van der Waals surface area contributed by atoms with Crippen LogP contribution in [0.2, 0.25) is 0 Å². The van der Waals surface area contributed by atoms with Crippen LogP contribution in [-0.2, 0) is 0 Å². The molecule has 0 bridgehead atoms. The highest BCUT2D eigenvalue weighted by atomic mass is 19.1. The molecule has 0 amide bonds. The molecule has 0 aliphatic carbocycles. The van der Waals surface area contributed by atoms with E-state index >= 15 is 0 Å². The smallest absolute Gasteiger partial charge is 0.123 e. The zero-order chi connectivity index (χ0) is 12.8. The lowest BCUT2D eigenvalue weighted by Gasteiger charge is -2.32. The number of halogens is 1. The Kier molecular flexibility index (Phi) is 5.14. The summed E-state index contributed by atoms with van der Waals surface area (Å²) >= 11 is 0. The van der Waals surface area contributed by atoms with E-state index in [2.05, 4.69) is 4.90 Å². The van der Waals surface area contributed by atoms with Gasteiger partial charge in [0, 0.05) is 12.6 Å². The van der Waals surface area contributed by atoms with E-state index in [9.17, 15) is 4.39 Å². The molecule has 100 valence electrons. The summed E-state index contributed by atoms with van der Waals surface area (Å²) in [5.41, 5.74) is 6.92. The molecule has 0 spiro atoms. The quantitative estimate of drug-likeness (QED) is 0.893. The molecule has 2 N–H and O–H groups in total. The third-order valence-corrected chi connectivity index (χ3v) is 3.79. The van der Waals surface area contributed by atoms with Gasteiger partial charge in [-0.25, -0.2) is 4.39 Å². The highest BCUT2D eigenvalue weighted by Gasteiger charge is 2.19. The van der Waals surface area contributed by atoms with Gasteiger partial charge in [0.2, 0.25) is 0 Å². The fourth-order valence-corrected chi connectivity index (χ4v) is 2.79. The molecule has 1 heterocycles. The maximum absolute atomic E-state index is 13.3. The molecule has 0 saturated carbocycles. The Bertz CT molecular complexity index is 359. The van der Waals surface area contributed by atoms with Gasteiger partial charge in [-0.3, -0.25) is 4.90 Å². The van der Waals surface area contributed by atoms with Gasteiger partial charge < -0.3 is 5.73 Å². The molecule has 1 aromatic rings. The van der Waals surface area contributed by atoms with E-state index in [0.29, 0.717) is 6.54 Å². The van der Waals surface area contributed by atoms with E-state index in [4.69, 9.17) is 5.73 Å². The van der Waals surface area contributed by atoms with Gasteiger partial charge in [0.15, 0.2) is 0 Å². The minimum atomic E-state index is -0.169. The van der Waals surface area contributed by atoms with Gasteiger partial charge in [-0.1, -0.05) is 31.4 Å². The van der Waals surface area contributed by atoms with Crippen LogP contribution in [0.4, 0.5) is 4.39 Å². The Balaban J connectivity index is 2.10. The normalized spacial score (nSPS) is 20.1. The first kappa shape index (κ1) is 13.5. The molecule has 1 aliphatic heterocycles. The lowest BCUT2D eigenvalue weighted by atomic mass is 10.0. The number of rotatable bonds is 3. The average Bonchev–Trinajstić information content (AvgIpc) is 2.32. The molecule has 1 aliphatic rings. The maximum Gasteiger partial charge on any atom is 0.123 e. The molecular weight excluding hydrogens is 227 g/mol. The van der Waals surface area contributed by atoms with Crippen LogP contribution in [0.25, 0.3) is 0 Å². The first-order chi connectivity index (χ1) is 8.81. The lowest BCUT2D eigenvalue weighted by Crippen LogP contribution is -2.36. The summed E-state index contributed by atoms with van der Waals surface area (Å²) < 4.78 is 13.3. The lowest BCUT2D eigenvalue weighted by molar-refractivity contribution is 0.183. The van der Waals surface area contributed by atoms with Gasteiger partial charge in [-0.2, -0.15) is 0 Å². The van der Waals surface area contributed by atoms with Crippen molar-refractivity contribution in [2.75, 3.05) is 19.6 Å². The highest BCUT2D eigenvalue weighted by molar-refractivity contribution is 5.20. The molecule has 1 fully saturated rings. The van der Waals surface area contributed by atoms with E-state index in [1.165, 1.54) is 38.2 Å². The van der Waals surface area contributed by atoms with Gasteiger partial charge in [-0.05, 0) is 43.6 Å².